The molecule has 0 unspecified atom stereocenters. The van der Waals surface area contributed by atoms with Gasteiger partial charge in [-0.15, -0.1) is 0 Å². The van der Waals surface area contributed by atoms with E-state index in [4.69, 9.17) is 9.72 Å². The zero-order valence-corrected chi connectivity index (χ0v) is 19.1. The highest BCUT2D eigenvalue weighted by Crippen LogP contribution is 2.30. The Morgan fingerprint density at radius 3 is 2.60 bits per heavy atom. The Labute approximate surface area is 202 Å². The van der Waals surface area contributed by atoms with Crippen molar-refractivity contribution in [3.05, 3.63) is 79.0 Å². The Morgan fingerprint density at radius 2 is 1.80 bits per heavy atom. The predicted molar refractivity (Wildman–Crippen MR) is 136 cm³/mol. The summed E-state index contributed by atoms with van der Waals surface area (Å²) in [6.45, 7) is 5.72. The van der Waals surface area contributed by atoms with Gasteiger partial charge >= 0.3 is 6.01 Å². The lowest BCUT2D eigenvalue weighted by Gasteiger charge is -2.19. The number of benzene rings is 1. The molecule has 1 amide bonds. The number of carbonyl (C=O) groups is 1. The average Bonchev–Trinajstić information content (AvgIpc) is 3.43. The van der Waals surface area contributed by atoms with Crippen molar-refractivity contribution in [1.29, 1.82) is 0 Å². The van der Waals surface area contributed by atoms with Gasteiger partial charge in [0.05, 0.1) is 11.7 Å². The van der Waals surface area contributed by atoms with Gasteiger partial charge in [0.25, 0.3) is 0 Å². The second-order valence-electron chi connectivity index (χ2n) is 8.11. The van der Waals surface area contributed by atoms with Crippen LogP contribution < -0.4 is 20.3 Å². The minimum Gasteiger partial charge on any atom is -0.459 e. The molecule has 5 rings (SSSR count). The molecule has 0 atom stereocenters. The van der Waals surface area contributed by atoms with Crippen LogP contribution in [0.15, 0.2) is 73.4 Å². The van der Waals surface area contributed by atoms with Crippen molar-refractivity contribution in [1.82, 2.24) is 19.9 Å². The molecule has 0 spiro atoms. The summed E-state index contributed by atoms with van der Waals surface area (Å²) in [7, 11) is 0. The van der Waals surface area contributed by atoms with Crippen LogP contribution in [0.2, 0.25) is 0 Å². The van der Waals surface area contributed by atoms with Gasteiger partial charge in [-0.05, 0) is 42.7 Å². The van der Waals surface area contributed by atoms with Crippen molar-refractivity contribution in [3.63, 3.8) is 0 Å². The second-order valence-corrected chi connectivity index (χ2v) is 8.11. The van der Waals surface area contributed by atoms with Gasteiger partial charge in [-0.1, -0.05) is 43.0 Å². The summed E-state index contributed by atoms with van der Waals surface area (Å²) >= 11 is 0. The van der Waals surface area contributed by atoms with Gasteiger partial charge < -0.3 is 20.3 Å². The summed E-state index contributed by atoms with van der Waals surface area (Å²) in [5.41, 5.74) is 1.76. The fourth-order valence-electron chi connectivity index (χ4n) is 3.90. The molecule has 9 nitrogen and oxygen atoms in total. The van der Waals surface area contributed by atoms with Crippen LogP contribution in [0.5, 0.6) is 6.01 Å². The van der Waals surface area contributed by atoms with Crippen molar-refractivity contribution in [3.8, 4) is 6.01 Å². The monoisotopic (exact) mass is 467 g/mol. The number of anilines is 4. The van der Waals surface area contributed by atoms with Crippen molar-refractivity contribution in [2.45, 2.75) is 19.4 Å². The third-order valence-corrected chi connectivity index (χ3v) is 5.60. The van der Waals surface area contributed by atoms with Gasteiger partial charge in [0.15, 0.2) is 0 Å². The molecule has 9 heteroatoms. The molecule has 1 fully saturated rings. The molecular weight excluding hydrogens is 442 g/mol. The number of carbonyl (C=O) groups excluding carboxylic acids is 1. The molecule has 35 heavy (non-hydrogen) atoms. The van der Waals surface area contributed by atoms with Gasteiger partial charge in [0, 0.05) is 18.5 Å². The fraction of sp³-hybridized carbons (Fsp3) is 0.192. The largest absolute Gasteiger partial charge is 0.459 e. The van der Waals surface area contributed by atoms with Crippen molar-refractivity contribution in [2.75, 3.05) is 28.6 Å². The van der Waals surface area contributed by atoms with E-state index in [-0.39, 0.29) is 5.91 Å². The molecule has 1 saturated heterocycles. The first-order chi connectivity index (χ1) is 17.2. The van der Waals surface area contributed by atoms with E-state index < -0.39 is 0 Å². The molecule has 0 aliphatic carbocycles. The van der Waals surface area contributed by atoms with Crippen LogP contribution in [0.25, 0.3) is 10.9 Å². The Kier molecular flexibility index (Phi) is 6.47. The lowest BCUT2D eigenvalue weighted by molar-refractivity contribution is -0.111. The van der Waals surface area contributed by atoms with Gasteiger partial charge in [0.1, 0.15) is 29.9 Å². The zero-order chi connectivity index (χ0) is 24.0. The highest BCUT2D eigenvalue weighted by atomic mass is 16.5. The second kappa shape index (κ2) is 10.2. The maximum Gasteiger partial charge on any atom is 0.319 e. The number of pyridine rings is 2. The fourth-order valence-corrected chi connectivity index (χ4v) is 3.90. The molecule has 4 aromatic rings. The van der Waals surface area contributed by atoms with Crippen LogP contribution in [-0.2, 0) is 11.4 Å². The minimum absolute atomic E-state index is 0.323. The van der Waals surface area contributed by atoms with Gasteiger partial charge in [-0.3, -0.25) is 4.79 Å². The number of amides is 1. The number of hydrogen-bond acceptors (Lipinski definition) is 8. The Morgan fingerprint density at radius 1 is 1.00 bits per heavy atom. The third kappa shape index (κ3) is 5.35. The molecular formula is C26H25N7O2. The smallest absolute Gasteiger partial charge is 0.319 e. The van der Waals surface area contributed by atoms with Gasteiger partial charge in [-0.25, -0.2) is 9.97 Å². The first-order valence-corrected chi connectivity index (χ1v) is 11.4. The van der Waals surface area contributed by atoms with Gasteiger partial charge in [-0.2, -0.15) is 9.97 Å². The Bertz CT molecular complexity index is 1350. The van der Waals surface area contributed by atoms with Crippen LogP contribution in [0.3, 0.4) is 0 Å². The lowest BCUT2D eigenvalue weighted by Crippen LogP contribution is -2.20. The summed E-state index contributed by atoms with van der Waals surface area (Å²) < 4.78 is 5.94. The van der Waals surface area contributed by atoms with Crippen molar-refractivity contribution >= 4 is 40.1 Å². The minimum atomic E-state index is -0.323. The number of nitrogens with zero attached hydrogens (tertiary/aromatic N) is 5. The molecule has 1 aromatic carbocycles. The highest BCUT2D eigenvalue weighted by Gasteiger charge is 2.19. The van der Waals surface area contributed by atoms with E-state index in [9.17, 15) is 4.79 Å². The standard InChI is InChI=1S/C26H25N7O2/c1-2-24(34)31-22-12-8-11-21(29-22)30-23-15-19-20(16-27-23)28-26(32-25(19)33-13-6-7-14-33)35-17-18-9-4-3-5-10-18/h2-5,8-12,15-16H,1,6-7,13-14,17H2,(H2,27,29,30,31,34). The number of rotatable bonds is 8. The zero-order valence-electron chi connectivity index (χ0n) is 19.1. The molecule has 0 radical (unpaired) electrons. The first kappa shape index (κ1) is 22.3. The Hall–Kier alpha value is -4.53. The maximum atomic E-state index is 11.6. The van der Waals surface area contributed by atoms with Crippen LogP contribution in [-0.4, -0.2) is 38.9 Å². The summed E-state index contributed by atoms with van der Waals surface area (Å²) in [6.07, 6.45) is 5.14. The number of ether oxygens (including phenoxy) is 1. The quantitative estimate of drug-likeness (QED) is 0.366. The normalized spacial score (nSPS) is 13.0. The summed E-state index contributed by atoms with van der Waals surface area (Å²) in [5, 5.41) is 6.74. The van der Waals surface area contributed by atoms with E-state index in [1.807, 2.05) is 36.4 Å². The molecule has 3 aromatic heterocycles. The molecule has 0 saturated carbocycles. The summed E-state index contributed by atoms with van der Waals surface area (Å²) in [5.74, 6) is 2.07. The number of hydrogen-bond donors (Lipinski definition) is 2. The molecule has 0 bridgehead atoms. The molecule has 1 aliphatic rings. The topological polar surface area (TPSA) is 105 Å². The third-order valence-electron chi connectivity index (χ3n) is 5.60. The molecule has 4 heterocycles. The molecule has 2 N–H and O–H groups in total. The lowest BCUT2D eigenvalue weighted by atomic mass is 10.2. The van der Waals surface area contributed by atoms with Crippen LogP contribution in [0, 0.1) is 0 Å². The predicted octanol–water partition coefficient (Wildman–Crippen LogP) is 4.47. The summed E-state index contributed by atoms with van der Waals surface area (Å²) in [4.78, 5) is 32.1. The van der Waals surface area contributed by atoms with E-state index in [2.05, 4.69) is 37.1 Å². The van der Waals surface area contributed by atoms with Crippen LogP contribution in [0.4, 0.5) is 23.3 Å². The van der Waals surface area contributed by atoms with Gasteiger partial charge in [0.2, 0.25) is 5.91 Å². The van der Waals surface area contributed by atoms with E-state index in [1.54, 1.807) is 24.4 Å². The van der Waals surface area contributed by atoms with Crippen LogP contribution in [0.1, 0.15) is 18.4 Å². The van der Waals surface area contributed by atoms with Crippen LogP contribution >= 0.6 is 0 Å². The molecule has 176 valence electrons. The van der Waals surface area contributed by atoms with E-state index >= 15 is 0 Å². The molecule has 1 aliphatic heterocycles. The average molecular weight is 468 g/mol. The van der Waals surface area contributed by atoms with Crippen molar-refractivity contribution < 1.29 is 9.53 Å². The van der Waals surface area contributed by atoms with E-state index in [0.717, 1.165) is 42.7 Å². The van der Waals surface area contributed by atoms with Crippen molar-refractivity contribution in [2.24, 2.45) is 0 Å². The summed E-state index contributed by atoms with van der Waals surface area (Å²) in [6, 6.07) is 17.5. The SMILES string of the molecule is C=CC(=O)Nc1cccc(Nc2cc3c(N4CCCC4)nc(OCc4ccccc4)nc3cn2)n1. The highest BCUT2D eigenvalue weighted by molar-refractivity contribution is 5.98. The van der Waals surface area contributed by atoms with E-state index in [0.29, 0.717) is 35.6 Å². The number of nitrogens with one attached hydrogen (secondary N) is 2. The maximum absolute atomic E-state index is 11.6. The van der Waals surface area contributed by atoms with E-state index in [1.165, 1.54) is 6.08 Å². The number of aromatic nitrogens is 4. The first-order valence-electron chi connectivity index (χ1n) is 11.4. The Balaban J connectivity index is 1.43. The number of fused-ring (bicyclic) bond motifs is 1.